The maximum Gasteiger partial charge on any atom is 0.325 e. The summed E-state index contributed by atoms with van der Waals surface area (Å²) in [7, 11) is 1.30. The van der Waals surface area contributed by atoms with Gasteiger partial charge in [-0.2, -0.15) is 4.99 Å². The second-order valence-corrected chi connectivity index (χ2v) is 8.67. The van der Waals surface area contributed by atoms with Crippen molar-refractivity contribution in [3.63, 3.8) is 0 Å². The van der Waals surface area contributed by atoms with Crippen LogP contribution in [-0.2, 0) is 16.1 Å². The second-order valence-electron chi connectivity index (χ2n) is 7.26. The summed E-state index contributed by atoms with van der Waals surface area (Å²) >= 11 is 7.56. The third-order valence-corrected chi connectivity index (χ3v) is 6.63. The van der Waals surface area contributed by atoms with Crippen LogP contribution in [0.25, 0.3) is 10.2 Å². The molecule has 0 radical (unpaired) electrons. The first-order chi connectivity index (χ1) is 15.9. The molecule has 3 aromatic carbocycles. The molecule has 1 aromatic heterocycles. The van der Waals surface area contributed by atoms with Crippen molar-refractivity contribution in [2.24, 2.45) is 4.99 Å². The number of nitrogens with zero attached hydrogens (tertiary/aromatic N) is 2. The first kappa shape index (κ1) is 22.6. The number of methoxy groups -OCH3 is 1. The number of rotatable bonds is 5. The number of ketones is 1. The number of amides is 1. The third kappa shape index (κ3) is 4.65. The fourth-order valence-electron chi connectivity index (χ4n) is 3.41. The van der Waals surface area contributed by atoms with Gasteiger partial charge in [0.15, 0.2) is 10.6 Å². The van der Waals surface area contributed by atoms with Crippen LogP contribution < -0.4 is 4.80 Å². The second kappa shape index (κ2) is 9.52. The SMILES string of the molecule is COC(=O)Cn1c(=NC(=O)c2ccc(C(=O)c3ccccc3)cc2)sc2ccc(Cl)c(C)c21. The van der Waals surface area contributed by atoms with E-state index in [2.05, 4.69) is 4.99 Å². The molecular formula is C25H19ClN2O4S. The summed E-state index contributed by atoms with van der Waals surface area (Å²) in [6.07, 6.45) is 0. The summed E-state index contributed by atoms with van der Waals surface area (Å²) in [4.78, 5) is 42.1. The van der Waals surface area contributed by atoms with Crippen LogP contribution in [0.2, 0.25) is 5.02 Å². The number of carbonyl (C=O) groups is 3. The van der Waals surface area contributed by atoms with Gasteiger partial charge in [-0.05, 0) is 36.8 Å². The van der Waals surface area contributed by atoms with E-state index in [0.717, 1.165) is 15.8 Å². The maximum atomic E-state index is 12.9. The van der Waals surface area contributed by atoms with Gasteiger partial charge in [0.2, 0.25) is 0 Å². The molecule has 0 saturated carbocycles. The number of esters is 1. The highest BCUT2D eigenvalue weighted by Crippen LogP contribution is 2.27. The van der Waals surface area contributed by atoms with Crippen LogP contribution in [0.5, 0.6) is 0 Å². The Hall–Kier alpha value is -3.55. The molecule has 6 nitrogen and oxygen atoms in total. The molecule has 0 atom stereocenters. The number of ether oxygens (including phenoxy) is 1. The average molecular weight is 479 g/mol. The smallest absolute Gasteiger partial charge is 0.325 e. The Labute approximate surface area is 198 Å². The fourth-order valence-corrected chi connectivity index (χ4v) is 4.65. The van der Waals surface area contributed by atoms with Crippen molar-refractivity contribution >= 4 is 50.8 Å². The molecule has 33 heavy (non-hydrogen) atoms. The largest absolute Gasteiger partial charge is 0.468 e. The molecular weight excluding hydrogens is 460 g/mol. The molecule has 0 spiro atoms. The van der Waals surface area contributed by atoms with Crippen LogP contribution >= 0.6 is 22.9 Å². The molecule has 0 aliphatic rings. The summed E-state index contributed by atoms with van der Waals surface area (Å²) in [6.45, 7) is 1.74. The van der Waals surface area contributed by atoms with Crippen LogP contribution in [0.4, 0.5) is 0 Å². The van der Waals surface area contributed by atoms with Crippen molar-refractivity contribution in [2.45, 2.75) is 13.5 Å². The lowest BCUT2D eigenvalue weighted by molar-refractivity contribution is -0.141. The first-order valence-corrected chi connectivity index (χ1v) is 11.2. The van der Waals surface area contributed by atoms with Crippen molar-refractivity contribution in [3.05, 3.63) is 98.8 Å². The van der Waals surface area contributed by atoms with Crippen LogP contribution in [-0.4, -0.2) is 29.3 Å². The molecule has 0 N–H and O–H groups in total. The third-order valence-electron chi connectivity index (χ3n) is 5.17. The van der Waals surface area contributed by atoms with Crippen molar-refractivity contribution < 1.29 is 19.1 Å². The number of benzene rings is 3. The molecule has 1 amide bonds. The lowest BCUT2D eigenvalue weighted by Crippen LogP contribution is -2.22. The molecule has 4 aromatic rings. The van der Waals surface area contributed by atoms with E-state index in [1.54, 1.807) is 59.2 Å². The Morgan fingerprint density at radius 2 is 1.58 bits per heavy atom. The Morgan fingerprint density at radius 1 is 0.939 bits per heavy atom. The highest BCUT2D eigenvalue weighted by Gasteiger charge is 2.16. The first-order valence-electron chi connectivity index (χ1n) is 10.0. The summed E-state index contributed by atoms with van der Waals surface area (Å²) in [6, 6.07) is 18.9. The molecule has 0 bridgehead atoms. The topological polar surface area (TPSA) is 77.7 Å². The van der Waals surface area contributed by atoms with E-state index < -0.39 is 11.9 Å². The number of thiazole rings is 1. The Bertz CT molecular complexity index is 1440. The van der Waals surface area contributed by atoms with Gasteiger partial charge >= 0.3 is 5.97 Å². The minimum absolute atomic E-state index is 0.103. The summed E-state index contributed by atoms with van der Waals surface area (Å²) in [5.74, 6) is -1.08. The van der Waals surface area contributed by atoms with E-state index in [4.69, 9.17) is 16.3 Å². The van der Waals surface area contributed by atoms with Gasteiger partial charge in [0.1, 0.15) is 6.54 Å². The molecule has 0 aliphatic heterocycles. The average Bonchev–Trinajstić information content (AvgIpc) is 3.18. The van der Waals surface area contributed by atoms with Crippen LogP contribution in [0.3, 0.4) is 0 Å². The number of hydrogen-bond donors (Lipinski definition) is 0. The molecule has 0 fully saturated rings. The van der Waals surface area contributed by atoms with Crippen LogP contribution in [0, 0.1) is 6.92 Å². The number of carbonyl (C=O) groups excluding carboxylic acids is 3. The van der Waals surface area contributed by atoms with Gasteiger partial charge in [-0.15, -0.1) is 0 Å². The monoisotopic (exact) mass is 478 g/mol. The Morgan fingerprint density at radius 3 is 2.24 bits per heavy atom. The van der Waals surface area contributed by atoms with Gasteiger partial charge in [0.05, 0.1) is 17.3 Å². The fraction of sp³-hybridized carbons (Fsp3) is 0.120. The molecule has 166 valence electrons. The molecule has 0 saturated heterocycles. The van der Waals surface area contributed by atoms with E-state index in [-0.39, 0.29) is 12.3 Å². The van der Waals surface area contributed by atoms with Crippen molar-refractivity contribution in [1.82, 2.24) is 4.57 Å². The van der Waals surface area contributed by atoms with Crippen LogP contribution in [0.1, 0.15) is 31.8 Å². The normalized spacial score (nSPS) is 11.5. The lowest BCUT2D eigenvalue weighted by atomic mass is 10.0. The van der Waals surface area contributed by atoms with Crippen molar-refractivity contribution in [1.29, 1.82) is 0 Å². The minimum atomic E-state index is -0.484. The summed E-state index contributed by atoms with van der Waals surface area (Å²) in [5, 5.41) is 0.551. The minimum Gasteiger partial charge on any atom is -0.468 e. The van der Waals surface area contributed by atoms with E-state index in [1.807, 2.05) is 19.1 Å². The van der Waals surface area contributed by atoms with Gasteiger partial charge < -0.3 is 9.30 Å². The van der Waals surface area contributed by atoms with Gasteiger partial charge in [-0.1, -0.05) is 65.4 Å². The zero-order valence-electron chi connectivity index (χ0n) is 17.9. The maximum absolute atomic E-state index is 12.9. The quantitative estimate of drug-likeness (QED) is 0.304. The number of hydrogen-bond acceptors (Lipinski definition) is 5. The molecule has 0 unspecified atom stereocenters. The zero-order valence-corrected chi connectivity index (χ0v) is 19.4. The van der Waals surface area contributed by atoms with Crippen LogP contribution in [0.15, 0.2) is 71.7 Å². The summed E-state index contributed by atoms with van der Waals surface area (Å²) < 4.78 is 7.29. The van der Waals surface area contributed by atoms with Crippen molar-refractivity contribution in [2.75, 3.05) is 7.11 Å². The number of aromatic nitrogens is 1. The molecule has 0 aliphatic carbocycles. The highest BCUT2D eigenvalue weighted by molar-refractivity contribution is 7.16. The van der Waals surface area contributed by atoms with E-state index in [9.17, 15) is 14.4 Å². The summed E-state index contributed by atoms with van der Waals surface area (Å²) in [5.41, 5.74) is 2.90. The highest BCUT2D eigenvalue weighted by atomic mass is 35.5. The molecule has 4 rings (SSSR count). The predicted octanol–water partition coefficient (Wildman–Crippen LogP) is 4.81. The molecule has 1 heterocycles. The van der Waals surface area contributed by atoms with Gasteiger partial charge in [0, 0.05) is 21.7 Å². The predicted molar refractivity (Wildman–Crippen MR) is 128 cm³/mol. The number of aryl methyl sites for hydroxylation is 1. The van der Waals surface area contributed by atoms with E-state index in [0.29, 0.717) is 26.5 Å². The lowest BCUT2D eigenvalue weighted by Gasteiger charge is -2.07. The number of fused-ring (bicyclic) bond motifs is 1. The standard InChI is InChI=1S/C25H19ClN2O4S/c1-15-19(26)12-13-20-22(15)28(14-21(29)32-2)25(33-20)27-24(31)18-10-8-17(9-11-18)23(30)16-6-4-3-5-7-16/h3-13H,14H2,1-2H3. The van der Waals surface area contributed by atoms with Gasteiger partial charge in [-0.25, -0.2) is 0 Å². The van der Waals surface area contributed by atoms with Crippen molar-refractivity contribution in [3.8, 4) is 0 Å². The van der Waals surface area contributed by atoms with Gasteiger partial charge in [-0.3, -0.25) is 14.4 Å². The van der Waals surface area contributed by atoms with E-state index >= 15 is 0 Å². The van der Waals surface area contributed by atoms with Gasteiger partial charge in [0.25, 0.3) is 5.91 Å². The molecule has 8 heteroatoms. The Balaban J connectivity index is 1.71. The van der Waals surface area contributed by atoms with E-state index in [1.165, 1.54) is 18.4 Å². The Kier molecular flexibility index (Phi) is 6.53. The zero-order chi connectivity index (χ0) is 23.5. The number of halogens is 1.